The number of rotatable bonds is 4. The Labute approximate surface area is 141 Å². The molecule has 0 radical (unpaired) electrons. The molecule has 1 aromatic rings. The summed E-state index contributed by atoms with van der Waals surface area (Å²) < 4.78 is 0. The zero-order chi connectivity index (χ0) is 15.5. The van der Waals surface area contributed by atoms with Gasteiger partial charge in [0, 0.05) is 19.3 Å². The van der Waals surface area contributed by atoms with Crippen molar-refractivity contribution in [3.63, 3.8) is 0 Å². The fourth-order valence-corrected chi connectivity index (χ4v) is 2.95. The number of hydrogen-bond acceptors (Lipinski definition) is 3. The molecule has 0 heterocycles. The van der Waals surface area contributed by atoms with E-state index in [4.69, 9.17) is 17.3 Å². The van der Waals surface area contributed by atoms with Crippen LogP contribution in [-0.2, 0) is 4.79 Å². The summed E-state index contributed by atoms with van der Waals surface area (Å²) in [5.41, 5.74) is 6.22. The Bertz CT molecular complexity index is 558. The molecule has 4 N–H and O–H groups in total. The van der Waals surface area contributed by atoms with Crippen LogP contribution >= 0.6 is 24.0 Å². The van der Waals surface area contributed by atoms with Crippen molar-refractivity contribution >= 4 is 41.5 Å². The number of benzene rings is 1. The van der Waals surface area contributed by atoms with Gasteiger partial charge in [0.2, 0.25) is 5.91 Å². The van der Waals surface area contributed by atoms with Gasteiger partial charge in [-0.3, -0.25) is 9.59 Å². The minimum Gasteiger partial charge on any atom is -0.355 e. The predicted octanol–water partition coefficient (Wildman–Crippen LogP) is 2.58. The normalized spacial score (nSPS) is 15.8. The largest absolute Gasteiger partial charge is 0.355 e. The van der Waals surface area contributed by atoms with Crippen LogP contribution < -0.4 is 16.4 Å². The number of halogens is 2. The Morgan fingerprint density at radius 3 is 2.50 bits per heavy atom. The van der Waals surface area contributed by atoms with Gasteiger partial charge in [-0.15, -0.1) is 12.4 Å². The van der Waals surface area contributed by atoms with Crippen molar-refractivity contribution in [2.45, 2.75) is 25.7 Å². The van der Waals surface area contributed by atoms with Crippen molar-refractivity contribution < 1.29 is 9.59 Å². The number of anilines is 1. The van der Waals surface area contributed by atoms with E-state index in [0.717, 1.165) is 25.7 Å². The Balaban J connectivity index is 0.00000242. The molecule has 1 aliphatic rings. The summed E-state index contributed by atoms with van der Waals surface area (Å²) in [5, 5.41) is 5.73. The van der Waals surface area contributed by atoms with Crippen molar-refractivity contribution in [1.29, 1.82) is 0 Å². The molecular formula is C15H21Cl2N3O2. The average molecular weight is 346 g/mol. The van der Waals surface area contributed by atoms with Gasteiger partial charge in [0.1, 0.15) is 0 Å². The van der Waals surface area contributed by atoms with E-state index in [-0.39, 0.29) is 24.2 Å². The van der Waals surface area contributed by atoms with Gasteiger partial charge in [-0.25, -0.2) is 0 Å². The molecule has 2 amide bonds. The van der Waals surface area contributed by atoms with E-state index in [2.05, 4.69) is 10.6 Å². The molecule has 5 nitrogen and oxygen atoms in total. The van der Waals surface area contributed by atoms with Crippen molar-refractivity contribution in [1.82, 2.24) is 5.32 Å². The van der Waals surface area contributed by atoms with E-state index in [1.165, 1.54) is 7.05 Å². The van der Waals surface area contributed by atoms with Crippen molar-refractivity contribution in [3.05, 3.63) is 28.8 Å². The zero-order valence-corrected chi connectivity index (χ0v) is 14.0. The molecule has 1 saturated carbocycles. The minimum atomic E-state index is -0.479. The van der Waals surface area contributed by atoms with E-state index >= 15 is 0 Å². The van der Waals surface area contributed by atoms with Gasteiger partial charge < -0.3 is 16.4 Å². The summed E-state index contributed by atoms with van der Waals surface area (Å²) in [6, 6.07) is 4.87. The molecule has 22 heavy (non-hydrogen) atoms. The van der Waals surface area contributed by atoms with Crippen LogP contribution in [0.15, 0.2) is 18.2 Å². The van der Waals surface area contributed by atoms with Crippen molar-refractivity contribution in [2.24, 2.45) is 11.1 Å². The van der Waals surface area contributed by atoms with Crippen LogP contribution in [0.5, 0.6) is 0 Å². The van der Waals surface area contributed by atoms with Gasteiger partial charge in [-0.1, -0.05) is 24.4 Å². The number of carbonyl (C=O) groups excluding carboxylic acids is 2. The summed E-state index contributed by atoms with van der Waals surface area (Å²) in [6.07, 6.45) is 3.67. The molecule has 0 aromatic heterocycles. The average Bonchev–Trinajstić information content (AvgIpc) is 2.98. The smallest absolute Gasteiger partial charge is 0.252 e. The molecule has 2 rings (SSSR count). The van der Waals surface area contributed by atoms with Gasteiger partial charge in [0.25, 0.3) is 5.91 Å². The molecule has 1 aliphatic carbocycles. The molecule has 1 fully saturated rings. The third-order valence-electron chi connectivity index (χ3n) is 4.13. The number of carbonyl (C=O) groups is 2. The van der Waals surface area contributed by atoms with Crippen LogP contribution in [0.2, 0.25) is 5.02 Å². The maximum atomic E-state index is 12.5. The topological polar surface area (TPSA) is 84.2 Å². The molecule has 0 spiro atoms. The van der Waals surface area contributed by atoms with Crippen LogP contribution in [0.3, 0.4) is 0 Å². The molecule has 7 heteroatoms. The van der Waals surface area contributed by atoms with Gasteiger partial charge in [0.15, 0.2) is 0 Å². The summed E-state index contributed by atoms with van der Waals surface area (Å²) in [4.78, 5) is 24.2. The van der Waals surface area contributed by atoms with E-state index in [1.807, 2.05) is 0 Å². The second-order valence-electron chi connectivity index (χ2n) is 5.42. The Hall–Kier alpha value is -1.30. The van der Waals surface area contributed by atoms with Gasteiger partial charge in [-0.05, 0) is 31.0 Å². The quantitative estimate of drug-likeness (QED) is 0.783. The fraction of sp³-hybridized carbons (Fsp3) is 0.467. The Morgan fingerprint density at radius 1 is 1.32 bits per heavy atom. The lowest BCUT2D eigenvalue weighted by Crippen LogP contribution is -2.40. The highest BCUT2D eigenvalue weighted by atomic mass is 35.5. The SMILES string of the molecule is CNC(=O)c1cc(NC(=O)C2(CN)CCCC2)ccc1Cl.Cl. The number of nitrogens with one attached hydrogen (secondary N) is 2. The number of hydrogen-bond donors (Lipinski definition) is 3. The molecule has 0 unspecified atom stereocenters. The third-order valence-corrected chi connectivity index (χ3v) is 4.46. The van der Waals surface area contributed by atoms with Crippen molar-refractivity contribution in [3.8, 4) is 0 Å². The Kier molecular flexibility index (Phi) is 6.66. The molecule has 122 valence electrons. The van der Waals surface area contributed by atoms with E-state index in [1.54, 1.807) is 18.2 Å². The molecule has 0 atom stereocenters. The summed E-state index contributed by atoms with van der Waals surface area (Å²) in [5.74, 6) is -0.363. The maximum Gasteiger partial charge on any atom is 0.252 e. The first-order valence-corrected chi connectivity index (χ1v) is 7.43. The van der Waals surface area contributed by atoms with E-state index in [9.17, 15) is 9.59 Å². The van der Waals surface area contributed by atoms with E-state index < -0.39 is 5.41 Å². The molecule has 0 aliphatic heterocycles. The first kappa shape index (κ1) is 18.7. The highest BCUT2D eigenvalue weighted by Crippen LogP contribution is 2.38. The fourth-order valence-electron chi connectivity index (χ4n) is 2.75. The molecular weight excluding hydrogens is 325 g/mol. The second-order valence-corrected chi connectivity index (χ2v) is 5.83. The second kappa shape index (κ2) is 7.81. The minimum absolute atomic E-state index is 0. The lowest BCUT2D eigenvalue weighted by molar-refractivity contribution is -0.124. The first-order valence-electron chi connectivity index (χ1n) is 7.05. The summed E-state index contributed by atoms with van der Waals surface area (Å²) in [7, 11) is 1.53. The third kappa shape index (κ3) is 3.72. The lowest BCUT2D eigenvalue weighted by Gasteiger charge is -2.25. The molecule has 0 saturated heterocycles. The Morgan fingerprint density at radius 2 is 1.95 bits per heavy atom. The van der Waals surface area contributed by atoms with Crippen LogP contribution in [0.1, 0.15) is 36.0 Å². The molecule has 1 aromatic carbocycles. The van der Waals surface area contributed by atoms with Crippen LogP contribution in [0.25, 0.3) is 0 Å². The van der Waals surface area contributed by atoms with Crippen LogP contribution in [0.4, 0.5) is 5.69 Å². The van der Waals surface area contributed by atoms with E-state index in [0.29, 0.717) is 22.8 Å². The highest BCUT2D eigenvalue weighted by Gasteiger charge is 2.39. The number of amides is 2. The summed E-state index contributed by atoms with van der Waals surface area (Å²) in [6.45, 7) is 0.342. The first-order chi connectivity index (χ1) is 10.0. The standard InChI is InChI=1S/C15H20ClN3O2.ClH/c1-18-13(20)11-8-10(4-5-12(11)16)19-14(21)15(9-17)6-2-3-7-15;/h4-5,8H,2-3,6-7,9,17H2,1H3,(H,18,20)(H,19,21);1H. The van der Waals surface area contributed by atoms with Crippen LogP contribution in [-0.4, -0.2) is 25.4 Å². The maximum absolute atomic E-state index is 12.5. The predicted molar refractivity (Wildman–Crippen MR) is 90.7 cm³/mol. The van der Waals surface area contributed by atoms with Gasteiger partial charge >= 0.3 is 0 Å². The lowest BCUT2D eigenvalue weighted by atomic mass is 9.85. The van der Waals surface area contributed by atoms with Gasteiger partial charge in [0.05, 0.1) is 16.0 Å². The number of nitrogens with two attached hydrogens (primary N) is 1. The molecule has 0 bridgehead atoms. The van der Waals surface area contributed by atoms with Crippen LogP contribution in [0, 0.1) is 5.41 Å². The highest BCUT2D eigenvalue weighted by molar-refractivity contribution is 6.34. The van der Waals surface area contributed by atoms with Crippen molar-refractivity contribution in [2.75, 3.05) is 18.9 Å². The monoisotopic (exact) mass is 345 g/mol. The summed E-state index contributed by atoms with van der Waals surface area (Å²) >= 11 is 5.99. The zero-order valence-electron chi connectivity index (χ0n) is 12.4. The van der Waals surface area contributed by atoms with Gasteiger partial charge in [-0.2, -0.15) is 0 Å².